The number of nitrogens with zero attached hydrogens (tertiary/aromatic N) is 2. The predicted molar refractivity (Wildman–Crippen MR) is 78.4 cm³/mol. The Hall–Kier alpha value is -0.840. The minimum Gasteiger partial charge on any atom is -0.374 e. The topological polar surface area (TPSA) is 29.4 Å². The lowest BCUT2D eigenvalue weighted by Crippen LogP contribution is -2.41. The van der Waals surface area contributed by atoms with Gasteiger partial charge in [-0.2, -0.15) is 0 Å². The molecule has 1 aromatic heterocycles. The number of hydrogen-bond donors (Lipinski definition) is 1. The lowest BCUT2D eigenvalue weighted by Gasteiger charge is -2.30. The highest BCUT2D eigenvalue weighted by molar-refractivity contribution is 5.15. The molecule has 0 bridgehead atoms. The normalized spacial score (nSPS) is 22.6. The first kappa shape index (κ1) is 14.6. The number of aromatic nitrogens is 1. The second-order valence-corrected chi connectivity index (χ2v) is 5.42. The third-order valence-electron chi connectivity index (χ3n) is 3.79. The van der Waals surface area contributed by atoms with E-state index in [0.29, 0.717) is 12.1 Å². The van der Waals surface area contributed by atoms with E-state index in [9.17, 15) is 0 Å². The molecule has 1 N–H and O–H groups in total. The predicted octanol–water partition coefficient (Wildman–Crippen LogP) is 1.88. The zero-order chi connectivity index (χ0) is 13.7. The van der Waals surface area contributed by atoms with Crippen molar-refractivity contribution in [1.82, 2.24) is 14.8 Å². The van der Waals surface area contributed by atoms with Crippen LogP contribution in [0, 0.1) is 0 Å². The van der Waals surface area contributed by atoms with Crippen LogP contribution in [-0.4, -0.2) is 48.9 Å². The summed E-state index contributed by atoms with van der Waals surface area (Å²) in [5, 5.41) is 3.52. The largest absolute Gasteiger partial charge is 0.374 e. The second-order valence-electron chi connectivity index (χ2n) is 5.42. The minimum atomic E-state index is 0.318. The fraction of sp³-hybridized carbons (Fsp3) is 0.733. The van der Waals surface area contributed by atoms with E-state index in [0.717, 1.165) is 39.2 Å². The highest BCUT2D eigenvalue weighted by Crippen LogP contribution is 2.17. The van der Waals surface area contributed by atoms with Gasteiger partial charge in [-0.3, -0.25) is 0 Å². The van der Waals surface area contributed by atoms with E-state index in [-0.39, 0.29) is 0 Å². The van der Waals surface area contributed by atoms with E-state index in [4.69, 9.17) is 4.74 Å². The maximum Gasteiger partial charge on any atom is 0.0880 e. The minimum absolute atomic E-state index is 0.318. The fourth-order valence-corrected chi connectivity index (χ4v) is 2.74. The molecule has 1 aliphatic rings. The average Bonchev–Trinajstić information content (AvgIpc) is 2.84. The monoisotopic (exact) mass is 265 g/mol. The van der Waals surface area contributed by atoms with Crippen molar-refractivity contribution in [2.45, 2.75) is 39.0 Å². The molecule has 0 aromatic carbocycles. The fourth-order valence-electron chi connectivity index (χ4n) is 2.74. The number of ether oxygens (including phenoxy) is 1. The van der Waals surface area contributed by atoms with Gasteiger partial charge in [0.15, 0.2) is 0 Å². The summed E-state index contributed by atoms with van der Waals surface area (Å²) < 4.78 is 8.08. The van der Waals surface area contributed by atoms with E-state index in [1.54, 1.807) is 0 Å². The van der Waals surface area contributed by atoms with Crippen LogP contribution in [0.4, 0.5) is 0 Å². The Bertz CT molecular complexity index is 377. The second kappa shape index (κ2) is 7.08. The van der Waals surface area contributed by atoms with Gasteiger partial charge in [0.1, 0.15) is 0 Å². The van der Waals surface area contributed by atoms with Crippen LogP contribution in [0.15, 0.2) is 18.5 Å². The molecule has 0 amide bonds. The van der Waals surface area contributed by atoms with Crippen LogP contribution in [0.25, 0.3) is 0 Å². The third-order valence-corrected chi connectivity index (χ3v) is 3.79. The Balaban J connectivity index is 1.92. The van der Waals surface area contributed by atoms with Crippen molar-refractivity contribution < 1.29 is 4.74 Å². The van der Waals surface area contributed by atoms with Gasteiger partial charge in [-0.15, -0.1) is 0 Å². The number of likely N-dealkylation sites (N-methyl/N-ethyl adjacent to an activating group) is 1. The lowest BCUT2D eigenvalue weighted by atomic mass is 10.1. The Morgan fingerprint density at radius 3 is 3.00 bits per heavy atom. The molecular formula is C15H27N3O. The van der Waals surface area contributed by atoms with Crippen molar-refractivity contribution in [3.05, 3.63) is 24.0 Å². The van der Waals surface area contributed by atoms with Gasteiger partial charge in [0.25, 0.3) is 0 Å². The molecule has 1 aromatic rings. The number of morpholine rings is 1. The molecule has 4 nitrogen and oxygen atoms in total. The smallest absolute Gasteiger partial charge is 0.0880 e. The van der Waals surface area contributed by atoms with Crippen molar-refractivity contribution in [2.75, 3.05) is 33.3 Å². The van der Waals surface area contributed by atoms with Gasteiger partial charge < -0.3 is 19.5 Å². The van der Waals surface area contributed by atoms with Crippen molar-refractivity contribution in [2.24, 2.45) is 0 Å². The Morgan fingerprint density at radius 1 is 1.47 bits per heavy atom. The van der Waals surface area contributed by atoms with Gasteiger partial charge in [0.2, 0.25) is 0 Å². The molecule has 0 aliphatic carbocycles. The van der Waals surface area contributed by atoms with Crippen LogP contribution in [0.2, 0.25) is 0 Å². The zero-order valence-corrected chi connectivity index (χ0v) is 12.4. The molecule has 19 heavy (non-hydrogen) atoms. The maximum atomic E-state index is 5.82. The molecule has 0 spiro atoms. The van der Waals surface area contributed by atoms with Crippen molar-refractivity contribution in [3.8, 4) is 0 Å². The van der Waals surface area contributed by atoms with Gasteiger partial charge >= 0.3 is 0 Å². The standard InChI is InChI=1S/C15H27N3O/c1-4-15(16-5-2)13-6-7-18(10-13)12-14-11-17(3)8-9-19-14/h6-7,10,14-16H,4-5,8-9,11-12H2,1-3H3. The van der Waals surface area contributed by atoms with Gasteiger partial charge in [0, 0.05) is 38.1 Å². The molecule has 2 rings (SSSR count). The first-order valence-electron chi connectivity index (χ1n) is 7.42. The summed E-state index contributed by atoms with van der Waals surface area (Å²) in [7, 11) is 2.16. The third kappa shape index (κ3) is 4.06. The summed E-state index contributed by atoms with van der Waals surface area (Å²) in [4.78, 5) is 2.34. The van der Waals surface area contributed by atoms with Crippen LogP contribution in [-0.2, 0) is 11.3 Å². The SMILES string of the molecule is CCNC(CC)c1ccn(CC2CN(C)CCO2)c1. The Kier molecular flexibility index (Phi) is 5.43. The molecule has 108 valence electrons. The lowest BCUT2D eigenvalue weighted by molar-refractivity contribution is -0.0274. The number of hydrogen-bond acceptors (Lipinski definition) is 3. The number of rotatable bonds is 6. The van der Waals surface area contributed by atoms with Gasteiger partial charge in [-0.1, -0.05) is 13.8 Å². The average molecular weight is 265 g/mol. The number of nitrogens with one attached hydrogen (secondary N) is 1. The molecule has 0 saturated carbocycles. The molecular weight excluding hydrogens is 238 g/mol. The highest BCUT2D eigenvalue weighted by atomic mass is 16.5. The van der Waals surface area contributed by atoms with Crippen LogP contribution in [0.1, 0.15) is 31.9 Å². The molecule has 1 aliphatic heterocycles. The summed E-state index contributed by atoms with van der Waals surface area (Å²) >= 11 is 0. The van der Waals surface area contributed by atoms with Crippen LogP contribution in [0.3, 0.4) is 0 Å². The van der Waals surface area contributed by atoms with E-state index in [1.165, 1.54) is 5.56 Å². The van der Waals surface area contributed by atoms with E-state index in [2.05, 4.69) is 54.1 Å². The highest BCUT2D eigenvalue weighted by Gasteiger charge is 2.18. The molecule has 4 heteroatoms. The van der Waals surface area contributed by atoms with Crippen LogP contribution >= 0.6 is 0 Å². The van der Waals surface area contributed by atoms with Gasteiger partial charge in [-0.25, -0.2) is 0 Å². The van der Waals surface area contributed by atoms with Crippen molar-refractivity contribution in [3.63, 3.8) is 0 Å². The molecule has 1 fully saturated rings. The molecule has 2 heterocycles. The van der Waals surface area contributed by atoms with Gasteiger partial charge in [0.05, 0.1) is 12.7 Å². The zero-order valence-electron chi connectivity index (χ0n) is 12.4. The van der Waals surface area contributed by atoms with Crippen molar-refractivity contribution >= 4 is 0 Å². The molecule has 2 atom stereocenters. The van der Waals surface area contributed by atoms with E-state index in [1.807, 2.05) is 0 Å². The van der Waals surface area contributed by atoms with Crippen molar-refractivity contribution in [1.29, 1.82) is 0 Å². The van der Waals surface area contributed by atoms with Crippen LogP contribution in [0.5, 0.6) is 0 Å². The quantitative estimate of drug-likeness (QED) is 0.851. The molecule has 2 unspecified atom stereocenters. The summed E-state index contributed by atoms with van der Waals surface area (Å²) in [6.45, 7) is 9.27. The van der Waals surface area contributed by atoms with Crippen LogP contribution < -0.4 is 5.32 Å². The van der Waals surface area contributed by atoms with Gasteiger partial charge in [-0.05, 0) is 31.6 Å². The summed E-state index contributed by atoms with van der Waals surface area (Å²) in [5.41, 5.74) is 1.38. The molecule has 1 saturated heterocycles. The summed E-state index contributed by atoms with van der Waals surface area (Å²) in [6, 6.07) is 2.70. The maximum absolute atomic E-state index is 5.82. The summed E-state index contributed by atoms with van der Waals surface area (Å²) in [5.74, 6) is 0. The molecule has 0 radical (unpaired) electrons. The summed E-state index contributed by atoms with van der Waals surface area (Å²) in [6.07, 6.45) is 5.88. The Labute approximate surface area is 116 Å². The first-order chi connectivity index (χ1) is 9.22. The van der Waals surface area contributed by atoms with E-state index >= 15 is 0 Å². The Morgan fingerprint density at radius 2 is 2.32 bits per heavy atom. The van der Waals surface area contributed by atoms with E-state index < -0.39 is 0 Å². The first-order valence-corrected chi connectivity index (χ1v) is 7.42.